The zero-order valence-corrected chi connectivity index (χ0v) is 16.5. The molecule has 0 aromatic rings. The van der Waals surface area contributed by atoms with Gasteiger partial charge < -0.3 is 9.47 Å². The molecule has 0 aliphatic heterocycles. The van der Waals surface area contributed by atoms with E-state index in [-0.39, 0.29) is 25.6 Å². The van der Waals surface area contributed by atoms with E-state index in [0.717, 1.165) is 5.20 Å². The van der Waals surface area contributed by atoms with Crippen LogP contribution in [0.15, 0.2) is 24.4 Å². The highest BCUT2D eigenvalue weighted by atomic mass is 28.3. The van der Waals surface area contributed by atoms with E-state index in [2.05, 4.69) is 32.8 Å². The molecule has 0 heterocycles. The fraction of sp³-hybridized carbons (Fsp3) is 0.667. The molecule has 1 atom stereocenters. The lowest BCUT2D eigenvalue weighted by Crippen LogP contribution is -2.47. The van der Waals surface area contributed by atoms with Crippen LogP contribution in [0, 0.1) is 11.3 Å². The van der Waals surface area contributed by atoms with Crippen molar-refractivity contribution >= 4 is 20.0 Å². The summed E-state index contributed by atoms with van der Waals surface area (Å²) < 4.78 is 10.4. The van der Waals surface area contributed by atoms with Crippen LogP contribution in [0.1, 0.15) is 33.6 Å². The van der Waals surface area contributed by atoms with Crippen molar-refractivity contribution in [1.82, 2.24) is 0 Å². The highest BCUT2D eigenvalue weighted by Gasteiger charge is 2.52. The van der Waals surface area contributed by atoms with Crippen LogP contribution in [0.5, 0.6) is 0 Å². The Morgan fingerprint density at radius 2 is 1.57 bits per heavy atom. The summed E-state index contributed by atoms with van der Waals surface area (Å²) in [5.74, 6) is -1.33. The van der Waals surface area contributed by atoms with Gasteiger partial charge >= 0.3 is 11.9 Å². The summed E-state index contributed by atoms with van der Waals surface area (Å²) in [6, 6.07) is 0. The van der Waals surface area contributed by atoms with E-state index in [9.17, 15) is 9.59 Å². The van der Waals surface area contributed by atoms with Crippen LogP contribution in [-0.4, -0.2) is 33.2 Å². The van der Waals surface area contributed by atoms with E-state index >= 15 is 0 Å². The summed E-state index contributed by atoms with van der Waals surface area (Å²) in [7, 11) is -1.56. The molecule has 0 aliphatic carbocycles. The van der Waals surface area contributed by atoms with Gasteiger partial charge in [-0.05, 0) is 32.6 Å². The molecule has 0 N–H and O–H groups in total. The lowest BCUT2D eigenvalue weighted by molar-refractivity contribution is -0.176. The molecule has 0 fully saturated rings. The Hall–Kier alpha value is -1.36. The fourth-order valence-corrected chi connectivity index (χ4v) is 3.37. The Balaban J connectivity index is 5.78. The second-order valence-corrected chi connectivity index (χ2v) is 12.1. The van der Waals surface area contributed by atoms with Crippen LogP contribution in [0.25, 0.3) is 0 Å². The van der Waals surface area contributed by atoms with Crippen molar-refractivity contribution in [2.75, 3.05) is 13.2 Å². The molecule has 0 saturated carbocycles. The molecule has 0 aromatic carbocycles. The maximum atomic E-state index is 12.7. The molecule has 0 rings (SSSR count). The molecule has 0 bridgehead atoms. The number of ether oxygens (including phenoxy) is 2. The van der Waals surface area contributed by atoms with Crippen LogP contribution in [0.3, 0.4) is 0 Å². The number of hydrogen-bond donors (Lipinski definition) is 0. The fourth-order valence-electron chi connectivity index (χ4n) is 2.45. The Bertz CT molecular complexity index is 430. The van der Waals surface area contributed by atoms with E-state index in [1.54, 1.807) is 19.9 Å². The van der Waals surface area contributed by atoms with Crippen LogP contribution in [0.2, 0.25) is 19.6 Å². The zero-order chi connectivity index (χ0) is 18.3. The second kappa shape index (κ2) is 9.06. The first-order valence-corrected chi connectivity index (χ1v) is 11.7. The van der Waals surface area contributed by atoms with Crippen LogP contribution < -0.4 is 0 Å². The van der Waals surface area contributed by atoms with Crippen LogP contribution in [0.4, 0.5) is 0 Å². The van der Waals surface area contributed by atoms with Gasteiger partial charge in [-0.1, -0.05) is 37.8 Å². The van der Waals surface area contributed by atoms with Crippen molar-refractivity contribution in [3.63, 3.8) is 0 Å². The van der Waals surface area contributed by atoms with Gasteiger partial charge in [0.1, 0.15) is 0 Å². The maximum absolute atomic E-state index is 12.7. The van der Waals surface area contributed by atoms with Gasteiger partial charge in [-0.3, -0.25) is 9.59 Å². The Kier molecular flexibility index (Phi) is 8.52. The Morgan fingerprint density at radius 1 is 1.13 bits per heavy atom. The molecule has 0 amide bonds. The molecule has 132 valence electrons. The van der Waals surface area contributed by atoms with Gasteiger partial charge in [-0.2, -0.15) is 0 Å². The number of carbonyl (C=O) groups excluding carboxylic acids is 2. The van der Waals surface area contributed by atoms with Crippen molar-refractivity contribution < 1.29 is 19.1 Å². The standard InChI is InChI=1S/C18H32O4Si/c1-9-12-18(16(19)21-10-2,17(20)22-11-3)14(4)13-15(5)23(6,7)8/h9,14H,1,5,10-13H2,2-4,6-8H3. The molecule has 5 heteroatoms. The molecule has 0 spiro atoms. The number of carbonyl (C=O) groups is 2. The van der Waals surface area contributed by atoms with Gasteiger partial charge in [0.05, 0.1) is 21.3 Å². The first-order valence-electron chi connectivity index (χ1n) is 8.21. The third kappa shape index (κ3) is 5.34. The minimum atomic E-state index is -1.56. The summed E-state index contributed by atoms with van der Waals surface area (Å²) >= 11 is 0. The average Bonchev–Trinajstić information content (AvgIpc) is 2.43. The normalized spacial score (nSPS) is 13.1. The SMILES string of the molecule is C=CCC(C(=O)OCC)(C(=O)OCC)C(C)CC(=C)[Si](C)(C)C. The molecule has 0 aliphatic rings. The van der Waals surface area contributed by atoms with Gasteiger partial charge in [0.2, 0.25) is 0 Å². The van der Waals surface area contributed by atoms with Gasteiger partial charge in [-0.15, -0.1) is 13.2 Å². The zero-order valence-electron chi connectivity index (χ0n) is 15.5. The van der Waals surface area contributed by atoms with E-state index in [1.807, 2.05) is 6.92 Å². The van der Waals surface area contributed by atoms with Gasteiger partial charge in [0.25, 0.3) is 0 Å². The number of hydrogen-bond acceptors (Lipinski definition) is 4. The minimum absolute atomic E-state index is 0.199. The Labute approximate surface area is 141 Å². The summed E-state index contributed by atoms with van der Waals surface area (Å²) in [5, 5.41) is 1.12. The van der Waals surface area contributed by atoms with Crippen LogP contribution in [-0.2, 0) is 19.1 Å². The average molecular weight is 341 g/mol. The van der Waals surface area contributed by atoms with Crippen molar-refractivity contribution in [3.8, 4) is 0 Å². The molecule has 0 saturated heterocycles. The second-order valence-electron chi connectivity index (χ2n) is 6.86. The summed E-state index contributed by atoms with van der Waals surface area (Å²) in [6.07, 6.45) is 2.38. The van der Waals surface area contributed by atoms with Crippen LogP contribution >= 0.6 is 0 Å². The highest BCUT2D eigenvalue weighted by Crippen LogP contribution is 2.40. The molecule has 0 aromatic heterocycles. The monoisotopic (exact) mass is 340 g/mol. The van der Waals surface area contributed by atoms with E-state index in [4.69, 9.17) is 9.47 Å². The quantitative estimate of drug-likeness (QED) is 0.260. The number of rotatable bonds is 10. The number of allylic oxidation sites excluding steroid dienone is 2. The summed E-state index contributed by atoms with van der Waals surface area (Å²) in [5.41, 5.74) is -1.35. The maximum Gasteiger partial charge on any atom is 0.324 e. The van der Waals surface area contributed by atoms with Crippen molar-refractivity contribution in [3.05, 3.63) is 24.4 Å². The van der Waals surface area contributed by atoms with Crippen molar-refractivity contribution in [2.24, 2.45) is 11.3 Å². The molecular weight excluding hydrogens is 308 g/mol. The molecule has 0 radical (unpaired) electrons. The first kappa shape index (κ1) is 21.6. The molecule has 4 nitrogen and oxygen atoms in total. The van der Waals surface area contributed by atoms with E-state index in [1.165, 1.54) is 0 Å². The van der Waals surface area contributed by atoms with Crippen molar-refractivity contribution in [1.29, 1.82) is 0 Å². The third-order valence-corrected chi connectivity index (χ3v) is 6.53. The first-order chi connectivity index (χ1) is 10.6. The van der Waals surface area contributed by atoms with Gasteiger partial charge in [0, 0.05) is 0 Å². The Morgan fingerprint density at radius 3 is 1.87 bits per heavy atom. The lowest BCUT2D eigenvalue weighted by atomic mass is 9.72. The summed E-state index contributed by atoms with van der Waals surface area (Å²) in [4.78, 5) is 25.3. The molecule has 1 unspecified atom stereocenters. The minimum Gasteiger partial charge on any atom is -0.465 e. The predicted molar refractivity (Wildman–Crippen MR) is 96.8 cm³/mol. The molecular formula is C18H32O4Si. The van der Waals surface area contributed by atoms with E-state index < -0.39 is 25.4 Å². The lowest BCUT2D eigenvalue weighted by Gasteiger charge is -2.35. The predicted octanol–water partition coefficient (Wildman–Crippen LogP) is 4.13. The smallest absolute Gasteiger partial charge is 0.324 e. The topological polar surface area (TPSA) is 52.6 Å². The van der Waals surface area contributed by atoms with Gasteiger partial charge in [0.15, 0.2) is 5.41 Å². The van der Waals surface area contributed by atoms with Crippen molar-refractivity contribution in [2.45, 2.75) is 53.3 Å². The third-order valence-electron chi connectivity index (χ3n) is 4.20. The molecule has 23 heavy (non-hydrogen) atoms. The highest BCUT2D eigenvalue weighted by molar-refractivity contribution is 6.82. The summed E-state index contributed by atoms with van der Waals surface area (Å²) in [6.45, 7) is 20.3. The number of esters is 2. The van der Waals surface area contributed by atoms with Gasteiger partial charge in [-0.25, -0.2) is 0 Å². The largest absolute Gasteiger partial charge is 0.465 e. The van der Waals surface area contributed by atoms with E-state index in [0.29, 0.717) is 6.42 Å².